The molecule has 3 aromatic rings. The van der Waals surface area contributed by atoms with Gasteiger partial charge in [0, 0.05) is 55.7 Å². The molecule has 128 valence electrons. The first-order chi connectivity index (χ1) is 11.3. The molecule has 0 fully saturated rings. The molecule has 7 heteroatoms. The molecule has 0 aliphatic rings. The van der Waals surface area contributed by atoms with Gasteiger partial charge in [-0.1, -0.05) is 19.6 Å². The van der Waals surface area contributed by atoms with Crippen molar-refractivity contribution in [2.45, 2.75) is 32.4 Å². The second-order valence-corrected chi connectivity index (χ2v) is 13.8. The van der Waals surface area contributed by atoms with E-state index in [-0.39, 0.29) is 0 Å². The minimum Gasteiger partial charge on any atom is -0.361 e. The topological polar surface area (TPSA) is 44.9 Å². The Morgan fingerprint density at radius 2 is 2.08 bits per heavy atom. The molecule has 24 heavy (non-hydrogen) atoms. The minimum atomic E-state index is -1.07. The van der Waals surface area contributed by atoms with Crippen LogP contribution in [0.3, 0.4) is 0 Å². The Bertz CT molecular complexity index is 850. The number of hydrogen-bond donors (Lipinski definition) is 0. The Labute approximate surface area is 151 Å². The summed E-state index contributed by atoms with van der Waals surface area (Å²) >= 11 is 3.52. The summed E-state index contributed by atoms with van der Waals surface area (Å²) < 4.78 is 10.8. The second-order valence-electron chi connectivity index (χ2n) is 7.23. The quantitative estimate of drug-likeness (QED) is 0.446. The highest BCUT2D eigenvalue weighted by Crippen LogP contribution is 2.31. The van der Waals surface area contributed by atoms with Crippen molar-refractivity contribution >= 4 is 35.0 Å². The highest BCUT2D eigenvalue weighted by molar-refractivity contribution is 9.10. The van der Waals surface area contributed by atoms with Crippen molar-refractivity contribution in [3.05, 3.63) is 35.2 Å². The molecule has 3 rings (SSSR count). The molecule has 0 aliphatic carbocycles. The molecule has 0 aliphatic heterocycles. The van der Waals surface area contributed by atoms with E-state index in [1.807, 2.05) is 30.2 Å². The zero-order valence-electron chi connectivity index (χ0n) is 14.6. The first-order valence-electron chi connectivity index (χ1n) is 8.06. The van der Waals surface area contributed by atoms with Gasteiger partial charge >= 0.3 is 0 Å². The Morgan fingerprint density at radius 1 is 1.29 bits per heavy atom. The third-order valence-electron chi connectivity index (χ3n) is 4.00. The summed E-state index contributed by atoms with van der Waals surface area (Å²) in [6, 6.07) is 5.29. The van der Waals surface area contributed by atoms with Crippen molar-refractivity contribution in [3.8, 4) is 11.3 Å². The van der Waals surface area contributed by atoms with E-state index in [1.54, 1.807) is 0 Å². The second kappa shape index (κ2) is 6.82. The van der Waals surface area contributed by atoms with Gasteiger partial charge in [0.05, 0.1) is 5.69 Å². The van der Waals surface area contributed by atoms with Gasteiger partial charge in [-0.25, -0.2) is 4.98 Å². The van der Waals surface area contributed by atoms with Crippen molar-refractivity contribution in [2.75, 3.05) is 6.61 Å². The lowest BCUT2D eigenvalue weighted by atomic mass is 10.1. The monoisotopic (exact) mass is 406 g/mol. The van der Waals surface area contributed by atoms with Crippen LogP contribution in [-0.2, 0) is 18.5 Å². The van der Waals surface area contributed by atoms with Crippen LogP contribution in [0.15, 0.2) is 35.2 Å². The number of halogens is 1. The zero-order valence-corrected chi connectivity index (χ0v) is 17.2. The molecule has 0 atom stereocenters. The van der Waals surface area contributed by atoms with E-state index in [1.165, 1.54) is 6.04 Å². The summed E-state index contributed by atoms with van der Waals surface area (Å²) in [7, 11) is 0.883. The fraction of sp³-hybridized carbons (Fsp3) is 0.412. The predicted octanol–water partition coefficient (Wildman–Crippen LogP) is 4.51. The summed E-state index contributed by atoms with van der Waals surface area (Å²) in [5.41, 5.74) is 3.12. The number of aromatic nitrogens is 4. The maximum Gasteiger partial charge on any atom is 0.142 e. The maximum atomic E-state index is 5.92. The molecule has 0 N–H and O–H groups in total. The molecular weight excluding hydrogens is 384 g/mol. The summed E-state index contributed by atoms with van der Waals surface area (Å²) in [4.78, 5) is 4.58. The van der Waals surface area contributed by atoms with Gasteiger partial charge < -0.3 is 9.30 Å². The van der Waals surface area contributed by atoms with E-state index in [4.69, 9.17) is 4.74 Å². The maximum absolute atomic E-state index is 5.92. The van der Waals surface area contributed by atoms with Gasteiger partial charge in [-0.3, -0.25) is 4.68 Å². The van der Waals surface area contributed by atoms with Crippen LogP contribution in [0.1, 0.15) is 0 Å². The number of nitrogens with zero attached hydrogens (tertiary/aromatic N) is 4. The minimum absolute atomic E-state index is 0.521. The molecule has 0 spiro atoms. The van der Waals surface area contributed by atoms with E-state index < -0.39 is 8.07 Å². The van der Waals surface area contributed by atoms with E-state index in [0.717, 1.165) is 33.4 Å². The Hall–Kier alpha value is -1.44. The van der Waals surface area contributed by atoms with Crippen LogP contribution in [0, 0.1) is 0 Å². The highest BCUT2D eigenvalue weighted by Gasteiger charge is 2.15. The Balaban J connectivity index is 1.90. The van der Waals surface area contributed by atoms with Gasteiger partial charge in [-0.2, -0.15) is 5.10 Å². The molecule has 0 amide bonds. The average Bonchev–Trinajstić information content (AvgIpc) is 3.06. The Morgan fingerprint density at radius 3 is 2.75 bits per heavy atom. The third-order valence-corrected chi connectivity index (χ3v) is 6.14. The molecule has 5 nitrogen and oxygen atoms in total. The lowest BCUT2D eigenvalue weighted by Crippen LogP contribution is -2.22. The van der Waals surface area contributed by atoms with Crippen molar-refractivity contribution in [2.24, 2.45) is 7.05 Å². The fourth-order valence-corrected chi connectivity index (χ4v) is 3.72. The Kier molecular flexibility index (Phi) is 4.94. The van der Waals surface area contributed by atoms with Crippen molar-refractivity contribution < 1.29 is 4.74 Å². The molecule has 3 aromatic heterocycles. The van der Waals surface area contributed by atoms with Crippen LogP contribution in [-0.4, -0.2) is 34.0 Å². The van der Waals surface area contributed by atoms with Crippen LogP contribution in [0.4, 0.5) is 0 Å². The van der Waals surface area contributed by atoms with Crippen LogP contribution in [0.5, 0.6) is 0 Å². The van der Waals surface area contributed by atoms with Gasteiger partial charge in [-0.05, 0) is 34.1 Å². The van der Waals surface area contributed by atoms with Crippen LogP contribution >= 0.6 is 15.9 Å². The molecule has 3 heterocycles. The smallest absolute Gasteiger partial charge is 0.142 e. The molecule has 0 aromatic carbocycles. The average molecular weight is 407 g/mol. The summed E-state index contributed by atoms with van der Waals surface area (Å²) in [5, 5.41) is 5.38. The van der Waals surface area contributed by atoms with Gasteiger partial charge in [0.1, 0.15) is 12.4 Å². The molecule has 0 bridgehead atoms. The lowest BCUT2D eigenvalue weighted by molar-refractivity contribution is 0.0899. The lowest BCUT2D eigenvalue weighted by Gasteiger charge is -2.15. The van der Waals surface area contributed by atoms with Crippen LogP contribution in [0.25, 0.3) is 22.3 Å². The van der Waals surface area contributed by atoms with Crippen LogP contribution in [0.2, 0.25) is 25.7 Å². The van der Waals surface area contributed by atoms with Gasteiger partial charge in [0.15, 0.2) is 0 Å². The first-order valence-corrected chi connectivity index (χ1v) is 12.6. The van der Waals surface area contributed by atoms with E-state index in [0.29, 0.717) is 6.73 Å². The molecule has 0 saturated heterocycles. The number of pyridine rings is 1. The van der Waals surface area contributed by atoms with Crippen molar-refractivity contribution in [1.82, 2.24) is 19.3 Å². The SMILES string of the molecule is Cn1nccc1-c1cn(COCC[Si](C)(C)C)c2ncc(Br)cc12. The molecular formula is C17H23BrN4OSi. The number of hydrogen-bond acceptors (Lipinski definition) is 3. The standard InChI is InChI=1S/C17H23BrN4OSi/c1-21-16(5-6-20-21)15-11-22(12-23-7-8-24(2,3)4)17-14(15)9-13(18)10-19-17/h5-6,9-11H,7-8,12H2,1-4H3. The largest absolute Gasteiger partial charge is 0.361 e. The normalized spacial score (nSPS) is 12.2. The number of aryl methyl sites for hydroxylation is 1. The zero-order chi connectivity index (χ0) is 17.3. The molecule has 0 unspecified atom stereocenters. The number of rotatable bonds is 6. The van der Waals surface area contributed by atoms with E-state index in [2.05, 4.69) is 62.5 Å². The van der Waals surface area contributed by atoms with Crippen molar-refractivity contribution in [3.63, 3.8) is 0 Å². The van der Waals surface area contributed by atoms with Gasteiger partial charge in [0.2, 0.25) is 0 Å². The summed E-state index contributed by atoms with van der Waals surface area (Å²) in [6.07, 6.45) is 5.75. The molecule has 0 radical (unpaired) electrons. The fourth-order valence-electron chi connectivity index (χ4n) is 2.63. The van der Waals surface area contributed by atoms with Gasteiger partial charge in [0.25, 0.3) is 0 Å². The van der Waals surface area contributed by atoms with Gasteiger partial charge in [-0.15, -0.1) is 0 Å². The highest BCUT2D eigenvalue weighted by atomic mass is 79.9. The van der Waals surface area contributed by atoms with Crippen molar-refractivity contribution in [1.29, 1.82) is 0 Å². The number of ether oxygens (including phenoxy) is 1. The van der Waals surface area contributed by atoms with Crippen LogP contribution < -0.4 is 0 Å². The summed E-state index contributed by atoms with van der Waals surface area (Å²) in [6.45, 7) is 8.41. The first kappa shape index (κ1) is 17.4. The molecule has 0 saturated carbocycles. The van der Waals surface area contributed by atoms with E-state index >= 15 is 0 Å². The third kappa shape index (κ3) is 3.79. The summed E-state index contributed by atoms with van der Waals surface area (Å²) in [5.74, 6) is 0. The number of fused-ring (bicyclic) bond motifs is 1. The van der Waals surface area contributed by atoms with E-state index in [9.17, 15) is 0 Å². The predicted molar refractivity (Wildman–Crippen MR) is 104 cm³/mol.